The van der Waals surface area contributed by atoms with Crippen molar-refractivity contribution < 1.29 is 4.42 Å². The minimum atomic E-state index is -0.502. The lowest BCUT2D eigenvalue weighted by molar-refractivity contribution is 0.555. The molecule has 1 radical (unpaired) electrons. The molecule has 0 spiro atoms. The van der Waals surface area contributed by atoms with Gasteiger partial charge < -0.3 is 4.42 Å². The van der Waals surface area contributed by atoms with Gasteiger partial charge >= 0.3 is 5.76 Å². The SMILES string of the molecule is [CH2]c1cc(Cl)c2[nH]c(=O)oc2c1. The van der Waals surface area contributed by atoms with Crippen LogP contribution in [0, 0.1) is 6.92 Å². The number of nitrogens with one attached hydrogen (secondary N) is 1. The van der Waals surface area contributed by atoms with E-state index in [4.69, 9.17) is 16.0 Å². The largest absolute Gasteiger partial charge is 0.417 e. The first-order valence-corrected chi connectivity index (χ1v) is 3.69. The van der Waals surface area contributed by atoms with Crippen molar-refractivity contribution in [1.29, 1.82) is 0 Å². The maximum absolute atomic E-state index is 10.8. The number of hydrogen-bond donors (Lipinski definition) is 1. The first kappa shape index (κ1) is 7.43. The molecule has 1 aromatic heterocycles. The van der Waals surface area contributed by atoms with E-state index in [-0.39, 0.29) is 0 Å². The molecule has 0 aliphatic carbocycles. The molecule has 2 aromatic rings. The summed E-state index contributed by atoms with van der Waals surface area (Å²) in [4.78, 5) is 13.2. The van der Waals surface area contributed by atoms with E-state index >= 15 is 0 Å². The lowest BCUT2D eigenvalue weighted by atomic mass is 10.2. The molecule has 0 aliphatic rings. The summed E-state index contributed by atoms with van der Waals surface area (Å²) < 4.78 is 4.79. The zero-order valence-electron chi connectivity index (χ0n) is 6.06. The third-order valence-electron chi connectivity index (χ3n) is 1.54. The van der Waals surface area contributed by atoms with Crippen molar-refractivity contribution in [3.63, 3.8) is 0 Å². The second-order valence-electron chi connectivity index (χ2n) is 2.47. The van der Waals surface area contributed by atoms with Crippen molar-refractivity contribution in [1.82, 2.24) is 4.98 Å². The van der Waals surface area contributed by atoms with Gasteiger partial charge in [0.25, 0.3) is 0 Å². The van der Waals surface area contributed by atoms with Crippen LogP contribution in [0.5, 0.6) is 0 Å². The Labute approximate surface area is 73.0 Å². The van der Waals surface area contributed by atoms with Gasteiger partial charge in [-0.05, 0) is 24.6 Å². The van der Waals surface area contributed by atoms with Crippen LogP contribution in [-0.2, 0) is 0 Å². The number of oxazole rings is 1. The van der Waals surface area contributed by atoms with Gasteiger partial charge in [0, 0.05) is 0 Å². The van der Waals surface area contributed by atoms with E-state index in [2.05, 4.69) is 11.9 Å². The Morgan fingerprint density at radius 3 is 3.00 bits per heavy atom. The molecule has 0 atom stereocenters. The van der Waals surface area contributed by atoms with Crippen LogP contribution in [0.15, 0.2) is 21.3 Å². The van der Waals surface area contributed by atoms with Crippen LogP contribution in [0.3, 0.4) is 0 Å². The van der Waals surface area contributed by atoms with Gasteiger partial charge in [-0.25, -0.2) is 4.79 Å². The standard InChI is InChI=1S/C8H5ClNO2/c1-4-2-5(9)7-6(3-4)12-8(11)10-7/h2-3H,1H2,(H,10,11). The van der Waals surface area contributed by atoms with Gasteiger partial charge in [-0.1, -0.05) is 11.6 Å². The van der Waals surface area contributed by atoms with Crippen LogP contribution in [-0.4, -0.2) is 4.98 Å². The van der Waals surface area contributed by atoms with Gasteiger partial charge in [-0.15, -0.1) is 0 Å². The summed E-state index contributed by atoms with van der Waals surface area (Å²) in [5.41, 5.74) is 1.68. The fourth-order valence-electron chi connectivity index (χ4n) is 1.06. The van der Waals surface area contributed by atoms with Crippen molar-refractivity contribution in [2.75, 3.05) is 0 Å². The highest BCUT2D eigenvalue weighted by molar-refractivity contribution is 6.34. The van der Waals surface area contributed by atoms with Crippen molar-refractivity contribution in [3.05, 3.63) is 40.2 Å². The molecule has 1 heterocycles. The van der Waals surface area contributed by atoms with E-state index in [1.54, 1.807) is 12.1 Å². The highest BCUT2D eigenvalue weighted by Crippen LogP contribution is 2.21. The van der Waals surface area contributed by atoms with Crippen molar-refractivity contribution in [2.24, 2.45) is 0 Å². The van der Waals surface area contributed by atoms with Crippen LogP contribution >= 0.6 is 11.6 Å². The summed E-state index contributed by atoms with van der Waals surface area (Å²) >= 11 is 5.81. The molecule has 4 heteroatoms. The average Bonchev–Trinajstić information content (AvgIpc) is 2.29. The zero-order valence-corrected chi connectivity index (χ0v) is 6.81. The van der Waals surface area contributed by atoms with Crippen LogP contribution in [0.1, 0.15) is 5.56 Å². The van der Waals surface area contributed by atoms with E-state index in [1.165, 1.54) is 0 Å². The summed E-state index contributed by atoms with van der Waals surface area (Å²) in [6.07, 6.45) is 0. The predicted molar refractivity (Wildman–Crippen MR) is 46.3 cm³/mol. The normalized spacial score (nSPS) is 10.8. The molecular weight excluding hydrogens is 178 g/mol. The van der Waals surface area contributed by atoms with Gasteiger partial charge in [0.05, 0.1) is 5.02 Å². The van der Waals surface area contributed by atoms with E-state index < -0.39 is 5.76 Å². The number of hydrogen-bond acceptors (Lipinski definition) is 2. The fraction of sp³-hybridized carbons (Fsp3) is 0. The maximum atomic E-state index is 10.8. The van der Waals surface area contributed by atoms with E-state index in [0.29, 0.717) is 16.1 Å². The third kappa shape index (κ3) is 1.02. The zero-order chi connectivity index (χ0) is 8.72. The average molecular weight is 183 g/mol. The number of halogens is 1. The Hall–Kier alpha value is -1.22. The quantitative estimate of drug-likeness (QED) is 0.677. The third-order valence-corrected chi connectivity index (χ3v) is 1.84. The second-order valence-corrected chi connectivity index (χ2v) is 2.87. The maximum Gasteiger partial charge on any atom is 0.417 e. The van der Waals surface area contributed by atoms with Crippen molar-refractivity contribution in [3.8, 4) is 0 Å². The molecule has 0 bridgehead atoms. The summed E-state index contributed by atoms with van der Waals surface area (Å²) in [6, 6.07) is 3.31. The molecule has 0 saturated heterocycles. The smallest absolute Gasteiger partial charge is 0.408 e. The molecule has 61 valence electrons. The Bertz CT molecular complexity index is 483. The Morgan fingerprint density at radius 1 is 1.50 bits per heavy atom. The van der Waals surface area contributed by atoms with Gasteiger partial charge in [0.15, 0.2) is 5.58 Å². The highest BCUT2D eigenvalue weighted by atomic mass is 35.5. The minimum Gasteiger partial charge on any atom is -0.408 e. The van der Waals surface area contributed by atoms with Crippen LogP contribution < -0.4 is 5.76 Å². The summed E-state index contributed by atoms with van der Waals surface area (Å²) in [7, 11) is 0. The molecule has 0 fully saturated rings. The topological polar surface area (TPSA) is 46.0 Å². The molecule has 0 aliphatic heterocycles. The lowest BCUT2D eigenvalue weighted by Gasteiger charge is -1.93. The minimum absolute atomic E-state index is 0.442. The molecule has 2 rings (SSSR count). The van der Waals surface area contributed by atoms with Crippen LogP contribution in [0.2, 0.25) is 5.02 Å². The van der Waals surface area contributed by atoms with Crippen molar-refractivity contribution >= 4 is 22.7 Å². The monoisotopic (exact) mass is 182 g/mol. The molecule has 3 nitrogen and oxygen atoms in total. The number of fused-ring (bicyclic) bond motifs is 1. The Kier molecular flexibility index (Phi) is 1.48. The number of H-pyrrole nitrogens is 1. The Morgan fingerprint density at radius 2 is 2.25 bits per heavy atom. The Balaban J connectivity index is 2.97. The summed E-state index contributed by atoms with van der Waals surface area (Å²) in [6.45, 7) is 3.68. The first-order chi connectivity index (χ1) is 5.66. The van der Waals surface area contributed by atoms with Gasteiger partial charge in [-0.3, -0.25) is 4.98 Å². The first-order valence-electron chi connectivity index (χ1n) is 3.31. The second kappa shape index (κ2) is 2.38. The highest BCUT2D eigenvalue weighted by Gasteiger charge is 2.04. The van der Waals surface area contributed by atoms with Gasteiger partial charge in [0.2, 0.25) is 0 Å². The van der Waals surface area contributed by atoms with Crippen LogP contribution in [0.25, 0.3) is 11.1 Å². The number of rotatable bonds is 0. The summed E-state index contributed by atoms with van der Waals surface area (Å²) in [5.74, 6) is -0.502. The fourth-order valence-corrected chi connectivity index (χ4v) is 1.34. The number of aromatic amines is 1. The number of benzene rings is 1. The molecule has 0 saturated carbocycles. The molecule has 0 amide bonds. The lowest BCUT2D eigenvalue weighted by Crippen LogP contribution is -1.93. The molecule has 1 aromatic carbocycles. The number of aromatic nitrogens is 1. The van der Waals surface area contributed by atoms with Crippen molar-refractivity contribution in [2.45, 2.75) is 0 Å². The van der Waals surface area contributed by atoms with Gasteiger partial charge in [-0.2, -0.15) is 0 Å². The van der Waals surface area contributed by atoms with E-state index in [9.17, 15) is 4.79 Å². The van der Waals surface area contributed by atoms with Gasteiger partial charge in [0.1, 0.15) is 5.52 Å². The van der Waals surface area contributed by atoms with E-state index in [0.717, 1.165) is 5.56 Å². The van der Waals surface area contributed by atoms with E-state index in [1.807, 2.05) is 0 Å². The predicted octanol–water partition coefficient (Wildman–Crippen LogP) is 1.96. The molecule has 0 unspecified atom stereocenters. The molecule has 1 N–H and O–H groups in total. The van der Waals surface area contributed by atoms with Crippen LogP contribution in [0.4, 0.5) is 0 Å². The summed E-state index contributed by atoms with van der Waals surface area (Å²) in [5, 5.41) is 0.448. The molecular formula is C8H5ClNO2. The molecule has 12 heavy (non-hydrogen) atoms.